The van der Waals surface area contributed by atoms with Crippen molar-refractivity contribution < 1.29 is 9.59 Å². The van der Waals surface area contributed by atoms with Crippen molar-refractivity contribution in [2.75, 3.05) is 12.3 Å². The zero-order valence-electron chi connectivity index (χ0n) is 15.5. The molecule has 1 heterocycles. The standard InChI is InChI=1S/C20H27N5O2/c1-14(19(26)24-12-10-16-9-11-23-18(22)13-16)25-20(27)17(21)8-7-15-5-3-2-4-6-15/h2-6,9,11,13-14,17H,7-8,10,12,21H2,1H3,(H2,22,23)(H,24,26)(H,25,27)/t14-,17+/m0/s1. The number of aryl methyl sites for hydroxylation is 1. The lowest BCUT2D eigenvalue weighted by molar-refractivity contribution is -0.129. The van der Waals surface area contributed by atoms with Crippen molar-refractivity contribution in [3.8, 4) is 0 Å². The Morgan fingerprint density at radius 2 is 1.81 bits per heavy atom. The molecule has 0 aliphatic carbocycles. The second-order valence-electron chi connectivity index (χ2n) is 6.49. The Morgan fingerprint density at radius 3 is 2.52 bits per heavy atom. The Morgan fingerprint density at radius 1 is 1.07 bits per heavy atom. The van der Waals surface area contributed by atoms with Gasteiger partial charge in [-0.05, 0) is 49.4 Å². The molecule has 27 heavy (non-hydrogen) atoms. The fraction of sp³-hybridized carbons (Fsp3) is 0.350. The van der Waals surface area contributed by atoms with Crippen LogP contribution in [-0.2, 0) is 22.4 Å². The third kappa shape index (κ3) is 7.07. The second-order valence-corrected chi connectivity index (χ2v) is 6.49. The zero-order chi connectivity index (χ0) is 19.6. The van der Waals surface area contributed by atoms with Crippen molar-refractivity contribution >= 4 is 17.6 Å². The molecule has 0 saturated carbocycles. The minimum absolute atomic E-state index is 0.249. The maximum Gasteiger partial charge on any atom is 0.242 e. The summed E-state index contributed by atoms with van der Waals surface area (Å²) in [5.41, 5.74) is 13.7. The summed E-state index contributed by atoms with van der Waals surface area (Å²) in [5, 5.41) is 5.46. The molecule has 1 aromatic carbocycles. The number of pyridine rings is 1. The summed E-state index contributed by atoms with van der Waals surface area (Å²) in [6, 6.07) is 12.2. The van der Waals surface area contributed by atoms with Crippen molar-refractivity contribution in [3.05, 3.63) is 59.8 Å². The molecular weight excluding hydrogens is 342 g/mol. The summed E-state index contributed by atoms with van der Waals surface area (Å²) in [4.78, 5) is 28.2. The molecule has 0 unspecified atom stereocenters. The average molecular weight is 369 g/mol. The number of nitrogens with two attached hydrogens (primary N) is 2. The lowest BCUT2D eigenvalue weighted by Gasteiger charge is -2.17. The SMILES string of the molecule is C[C@H](NC(=O)[C@H](N)CCc1ccccc1)C(=O)NCCc1ccnc(N)c1. The van der Waals surface area contributed by atoms with Gasteiger partial charge in [-0.15, -0.1) is 0 Å². The van der Waals surface area contributed by atoms with Crippen molar-refractivity contribution in [1.29, 1.82) is 0 Å². The summed E-state index contributed by atoms with van der Waals surface area (Å²) in [7, 11) is 0. The molecule has 0 aliphatic heterocycles. The van der Waals surface area contributed by atoms with Crippen LogP contribution < -0.4 is 22.1 Å². The molecule has 2 rings (SSSR count). The largest absolute Gasteiger partial charge is 0.384 e. The highest BCUT2D eigenvalue weighted by Gasteiger charge is 2.19. The van der Waals surface area contributed by atoms with Gasteiger partial charge in [0, 0.05) is 12.7 Å². The second kappa shape index (κ2) is 10.3. The first kappa shape index (κ1) is 20.4. The number of hydrogen-bond donors (Lipinski definition) is 4. The maximum absolute atomic E-state index is 12.2. The van der Waals surface area contributed by atoms with Crippen LogP contribution in [0.25, 0.3) is 0 Å². The van der Waals surface area contributed by atoms with Gasteiger partial charge in [0.1, 0.15) is 11.9 Å². The summed E-state index contributed by atoms with van der Waals surface area (Å²) in [6.45, 7) is 2.09. The Kier molecular flexibility index (Phi) is 7.76. The molecule has 0 bridgehead atoms. The maximum atomic E-state index is 12.2. The molecule has 0 spiro atoms. The quantitative estimate of drug-likeness (QED) is 0.520. The molecule has 0 saturated heterocycles. The highest BCUT2D eigenvalue weighted by Crippen LogP contribution is 2.05. The number of aromatic nitrogens is 1. The van der Waals surface area contributed by atoms with E-state index in [2.05, 4.69) is 15.6 Å². The number of nitrogens with zero attached hydrogens (tertiary/aromatic N) is 1. The van der Waals surface area contributed by atoms with Gasteiger partial charge in [-0.1, -0.05) is 30.3 Å². The highest BCUT2D eigenvalue weighted by molar-refractivity contribution is 5.89. The van der Waals surface area contributed by atoms with Gasteiger partial charge in [-0.2, -0.15) is 0 Å². The fourth-order valence-electron chi connectivity index (χ4n) is 2.62. The van der Waals surface area contributed by atoms with Crippen molar-refractivity contribution in [3.63, 3.8) is 0 Å². The van der Waals surface area contributed by atoms with E-state index in [1.165, 1.54) is 0 Å². The van der Waals surface area contributed by atoms with E-state index in [9.17, 15) is 9.59 Å². The molecule has 144 valence electrons. The Hall–Kier alpha value is -2.93. The monoisotopic (exact) mass is 369 g/mol. The fourth-order valence-corrected chi connectivity index (χ4v) is 2.62. The number of nitrogens with one attached hydrogen (secondary N) is 2. The molecule has 2 amide bonds. The van der Waals surface area contributed by atoms with Crippen LogP contribution in [0.4, 0.5) is 5.82 Å². The molecule has 1 aromatic heterocycles. The third-order valence-corrected chi connectivity index (χ3v) is 4.23. The van der Waals surface area contributed by atoms with Gasteiger partial charge < -0.3 is 22.1 Å². The van der Waals surface area contributed by atoms with Crippen molar-refractivity contribution in [2.45, 2.75) is 38.3 Å². The number of rotatable bonds is 9. The van der Waals surface area contributed by atoms with Gasteiger partial charge in [-0.3, -0.25) is 9.59 Å². The molecule has 2 aromatic rings. The molecule has 0 radical (unpaired) electrons. The molecule has 7 heteroatoms. The number of nitrogen functional groups attached to an aromatic ring is 1. The molecule has 2 atom stereocenters. The Bertz CT molecular complexity index is 751. The average Bonchev–Trinajstić information content (AvgIpc) is 2.66. The predicted molar refractivity (Wildman–Crippen MR) is 106 cm³/mol. The van der Waals surface area contributed by atoms with Crippen LogP contribution in [0.3, 0.4) is 0 Å². The third-order valence-electron chi connectivity index (χ3n) is 4.23. The van der Waals surface area contributed by atoms with E-state index in [1.54, 1.807) is 19.2 Å². The van der Waals surface area contributed by atoms with Crippen LogP contribution in [0, 0.1) is 0 Å². The van der Waals surface area contributed by atoms with Crippen LogP contribution in [0.1, 0.15) is 24.5 Å². The van der Waals surface area contributed by atoms with Crippen LogP contribution in [0.5, 0.6) is 0 Å². The molecule has 0 fully saturated rings. The number of anilines is 1. The minimum atomic E-state index is -0.653. The molecule has 7 nitrogen and oxygen atoms in total. The van der Waals surface area contributed by atoms with Gasteiger partial charge in [0.15, 0.2) is 0 Å². The van der Waals surface area contributed by atoms with Crippen LogP contribution in [0.2, 0.25) is 0 Å². The number of carbonyl (C=O) groups is 2. The molecular formula is C20H27N5O2. The minimum Gasteiger partial charge on any atom is -0.384 e. The highest BCUT2D eigenvalue weighted by atomic mass is 16.2. The van der Waals surface area contributed by atoms with Crippen LogP contribution >= 0.6 is 0 Å². The van der Waals surface area contributed by atoms with Crippen molar-refractivity contribution in [1.82, 2.24) is 15.6 Å². The first-order valence-corrected chi connectivity index (χ1v) is 9.03. The first-order valence-electron chi connectivity index (χ1n) is 9.03. The van der Waals surface area contributed by atoms with E-state index >= 15 is 0 Å². The molecule has 6 N–H and O–H groups in total. The summed E-state index contributed by atoms with van der Waals surface area (Å²) in [6.07, 6.45) is 3.50. The number of carbonyl (C=O) groups excluding carboxylic acids is 2. The van der Waals surface area contributed by atoms with Gasteiger partial charge >= 0.3 is 0 Å². The number of benzene rings is 1. The van der Waals surface area contributed by atoms with Crippen LogP contribution in [0.15, 0.2) is 48.7 Å². The number of hydrogen-bond acceptors (Lipinski definition) is 5. The lowest BCUT2D eigenvalue weighted by atomic mass is 10.1. The summed E-state index contributed by atoms with van der Waals surface area (Å²) >= 11 is 0. The van der Waals surface area contributed by atoms with E-state index in [-0.39, 0.29) is 11.8 Å². The van der Waals surface area contributed by atoms with Gasteiger partial charge in [0.2, 0.25) is 11.8 Å². The first-order chi connectivity index (χ1) is 13.0. The van der Waals surface area contributed by atoms with E-state index in [0.717, 1.165) is 11.1 Å². The normalized spacial score (nSPS) is 12.8. The summed E-state index contributed by atoms with van der Waals surface area (Å²) < 4.78 is 0. The van der Waals surface area contributed by atoms with E-state index in [0.29, 0.717) is 31.6 Å². The molecule has 0 aliphatic rings. The van der Waals surface area contributed by atoms with E-state index < -0.39 is 12.1 Å². The number of amides is 2. The predicted octanol–water partition coefficient (Wildman–Crippen LogP) is 0.787. The smallest absolute Gasteiger partial charge is 0.242 e. The van der Waals surface area contributed by atoms with Crippen LogP contribution in [-0.4, -0.2) is 35.4 Å². The Balaban J connectivity index is 1.70. The van der Waals surface area contributed by atoms with Gasteiger partial charge in [0.05, 0.1) is 6.04 Å². The van der Waals surface area contributed by atoms with E-state index in [4.69, 9.17) is 11.5 Å². The Labute approximate surface area is 159 Å². The zero-order valence-corrected chi connectivity index (χ0v) is 15.5. The lowest BCUT2D eigenvalue weighted by Crippen LogP contribution is -2.50. The van der Waals surface area contributed by atoms with E-state index in [1.807, 2.05) is 36.4 Å². The van der Waals surface area contributed by atoms with Gasteiger partial charge in [-0.25, -0.2) is 4.98 Å². The van der Waals surface area contributed by atoms with Crippen molar-refractivity contribution in [2.24, 2.45) is 5.73 Å². The topological polar surface area (TPSA) is 123 Å². The summed E-state index contributed by atoms with van der Waals surface area (Å²) in [5.74, 6) is -0.125. The van der Waals surface area contributed by atoms with Gasteiger partial charge in [0.25, 0.3) is 0 Å².